The molecule has 0 atom stereocenters. The Labute approximate surface area is 409 Å². The molecule has 12 rings (SSSR count). The van der Waals surface area contributed by atoms with Crippen LogP contribution in [0.4, 0.5) is 51.2 Å². The van der Waals surface area contributed by atoms with Gasteiger partial charge in [-0.25, -0.2) is 0 Å². The Morgan fingerprint density at radius 3 is 0.910 bits per heavy atom. The predicted octanol–water partition coefficient (Wildman–Crippen LogP) is 14.1. The molecular formula is C60H47N6Os. The summed E-state index contributed by atoms with van der Waals surface area (Å²) in [4.78, 5) is 13.4. The fraction of sp³-hybridized carbons (Fsp3) is 0.0500. The van der Waals surface area contributed by atoms with E-state index in [1.807, 2.05) is 66.7 Å². The number of hydrogen-bond acceptors (Lipinski definition) is 6. The molecule has 0 amide bonds. The van der Waals surface area contributed by atoms with Crippen LogP contribution in [0.1, 0.15) is 16.7 Å². The van der Waals surface area contributed by atoms with E-state index in [4.69, 9.17) is 0 Å². The molecule has 3 aliphatic heterocycles. The second-order valence-electron chi connectivity index (χ2n) is 15.9. The van der Waals surface area contributed by atoms with Crippen LogP contribution >= 0.6 is 0 Å². The van der Waals surface area contributed by atoms with Crippen LogP contribution in [-0.4, -0.2) is 0 Å². The van der Waals surface area contributed by atoms with E-state index < -0.39 is 0 Å². The van der Waals surface area contributed by atoms with Crippen molar-refractivity contribution in [3.63, 3.8) is 0 Å². The van der Waals surface area contributed by atoms with Crippen molar-refractivity contribution in [2.24, 2.45) is 0 Å². The average molecular weight is 1040 g/mol. The fourth-order valence-corrected chi connectivity index (χ4v) is 8.35. The van der Waals surface area contributed by atoms with Gasteiger partial charge in [0.2, 0.25) is 0 Å². The van der Waals surface area contributed by atoms with Crippen LogP contribution in [-0.2, 0) is 39.4 Å². The number of hydrogen-bond donors (Lipinski definition) is 0. The van der Waals surface area contributed by atoms with Crippen molar-refractivity contribution in [3.05, 3.63) is 291 Å². The van der Waals surface area contributed by atoms with E-state index in [9.17, 15) is 0 Å². The molecule has 0 aliphatic carbocycles. The molecule has 0 spiro atoms. The fourth-order valence-electron chi connectivity index (χ4n) is 8.35. The molecule has 0 saturated heterocycles. The van der Waals surface area contributed by atoms with Crippen LogP contribution in [0.2, 0.25) is 0 Å². The van der Waals surface area contributed by atoms with Crippen molar-refractivity contribution >= 4 is 51.2 Å². The summed E-state index contributed by atoms with van der Waals surface area (Å²) in [5.41, 5.74) is 14.2. The first-order valence-corrected chi connectivity index (χ1v) is 22.2. The monoisotopic (exact) mass is 1040 g/mol. The molecule has 325 valence electrons. The van der Waals surface area contributed by atoms with Gasteiger partial charge in [0.25, 0.3) is 0 Å². The van der Waals surface area contributed by atoms with E-state index in [1.54, 1.807) is 0 Å². The number of para-hydroxylation sites is 9. The van der Waals surface area contributed by atoms with Gasteiger partial charge in [-0.2, -0.15) is 141 Å². The summed E-state index contributed by atoms with van der Waals surface area (Å²) in [5, 5.41) is 0. The van der Waals surface area contributed by atoms with Gasteiger partial charge in [-0.15, -0.1) is 22.6 Å². The summed E-state index contributed by atoms with van der Waals surface area (Å²) in [6.45, 7) is 8.98. The van der Waals surface area contributed by atoms with Gasteiger partial charge in [0.15, 0.2) is 0 Å². The normalized spacial score (nSPS) is 13.1. The minimum absolute atomic E-state index is 0. The van der Waals surface area contributed by atoms with Crippen molar-refractivity contribution in [1.82, 2.24) is 0 Å². The molecule has 3 heterocycles. The first-order chi connectivity index (χ1) is 32.7. The van der Waals surface area contributed by atoms with Crippen LogP contribution in [0.5, 0.6) is 0 Å². The van der Waals surface area contributed by atoms with Gasteiger partial charge in [-0.1, -0.05) is 97.1 Å². The topological polar surface area (TPSA) is 19.4 Å². The van der Waals surface area contributed by atoms with Gasteiger partial charge in [0.05, 0.1) is 0 Å². The third kappa shape index (κ3) is 10.4. The van der Waals surface area contributed by atoms with E-state index in [0.717, 1.165) is 36.7 Å². The summed E-state index contributed by atoms with van der Waals surface area (Å²) in [6, 6.07) is 92.0. The van der Waals surface area contributed by atoms with Crippen molar-refractivity contribution in [1.29, 1.82) is 0 Å². The Kier molecular flexibility index (Phi) is 14.4. The molecule has 67 heavy (non-hydrogen) atoms. The Morgan fingerprint density at radius 2 is 0.582 bits per heavy atom. The molecule has 9 aromatic rings. The van der Waals surface area contributed by atoms with E-state index >= 15 is 0 Å². The van der Waals surface area contributed by atoms with Gasteiger partial charge >= 0.3 is 19.8 Å². The molecule has 3 aliphatic rings. The van der Waals surface area contributed by atoms with Crippen molar-refractivity contribution in [2.75, 3.05) is 29.4 Å². The maximum absolute atomic E-state index is 3.30. The Morgan fingerprint density at radius 1 is 0.284 bits per heavy atom. The largest absolute Gasteiger partial charge is 7.00 e. The van der Waals surface area contributed by atoms with Crippen LogP contribution in [0.25, 0.3) is 0 Å². The first-order valence-electron chi connectivity index (χ1n) is 22.2. The number of fused-ring (bicyclic) bond motifs is 3. The summed E-state index contributed by atoms with van der Waals surface area (Å²) in [5.74, 6) is 0. The first kappa shape index (κ1) is 44.6. The van der Waals surface area contributed by atoms with E-state index in [-0.39, 0.29) is 19.8 Å². The quantitative estimate of drug-likeness (QED) is 0.133. The van der Waals surface area contributed by atoms with Gasteiger partial charge in [-0.05, 0) is 54.1 Å². The van der Waals surface area contributed by atoms with Crippen molar-refractivity contribution in [2.45, 2.75) is 19.6 Å². The number of benzene rings is 9. The predicted molar refractivity (Wildman–Crippen MR) is 271 cm³/mol. The molecule has 0 bridgehead atoms. The molecule has 0 aromatic heterocycles. The molecule has 7 heteroatoms. The summed E-state index contributed by atoms with van der Waals surface area (Å²) in [7, 11) is 0. The summed E-state index contributed by atoms with van der Waals surface area (Å²) in [6.07, 6.45) is 0. The second-order valence-corrected chi connectivity index (χ2v) is 15.9. The minimum atomic E-state index is 0. The molecular weight excluding hydrogens is 995 g/mol. The number of anilines is 9. The standard InChI is InChI=1S/2C20H16N2.C20H15N2.Os/c3*1-3-9-17(10-4-1)15-21-16-22(18-11-5-2-6-12-18)20-14-8-7-13-19(20)21;/h2*1-11,13-14,16H,15H2;1-9,11,13-14,16H,15H2;/q2*-2;-3;+7. The SMILES string of the molecule is [Os+7].[c-]1ccccc1CN1[CH-]N(c2[c-]cccc2)c2ccccc21.[c-]1ccccc1N1[CH-]N(Cc2ccccc2)c2ccccc21.[c-]1ccccc1N1[CH-]N(Cc2ccccc2)c2ccccc21. The Bertz CT molecular complexity index is 2590. The second kappa shape index (κ2) is 21.6. The summed E-state index contributed by atoms with van der Waals surface area (Å²) < 4.78 is 0. The average Bonchev–Trinajstić information content (AvgIpc) is 4.08. The van der Waals surface area contributed by atoms with Gasteiger partial charge in [0, 0.05) is 47.2 Å². The number of nitrogens with zero attached hydrogens (tertiary/aromatic N) is 6. The van der Waals surface area contributed by atoms with E-state index in [1.165, 1.54) is 50.8 Å². The van der Waals surface area contributed by atoms with Crippen LogP contribution in [0.3, 0.4) is 0 Å². The van der Waals surface area contributed by atoms with E-state index in [0.29, 0.717) is 0 Å². The zero-order valence-electron chi connectivity index (χ0n) is 36.8. The van der Waals surface area contributed by atoms with Gasteiger partial charge in [0.1, 0.15) is 0 Å². The maximum Gasteiger partial charge on any atom is 7.00 e. The molecule has 0 saturated carbocycles. The van der Waals surface area contributed by atoms with E-state index in [2.05, 4.69) is 237 Å². The Balaban J connectivity index is 0.000000125. The molecule has 1 radical (unpaired) electrons. The Hall–Kier alpha value is -7.58. The molecule has 9 aromatic carbocycles. The minimum Gasteiger partial charge on any atom is -0.499 e. The van der Waals surface area contributed by atoms with Crippen LogP contribution in [0.15, 0.2) is 231 Å². The third-order valence-corrected chi connectivity index (χ3v) is 11.5. The number of rotatable bonds is 9. The maximum atomic E-state index is 3.30. The van der Waals surface area contributed by atoms with Crippen LogP contribution < -0.4 is 29.4 Å². The molecule has 0 unspecified atom stereocenters. The molecule has 6 nitrogen and oxygen atoms in total. The van der Waals surface area contributed by atoms with Crippen LogP contribution in [0, 0.1) is 44.3 Å². The smallest absolute Gasteiger partial charge is 0.499 e. The van der Waals surface area contributed by atoms with Gasteiger partial charge < -0.3 is 29.4 Å². The molecule has 0 fully saturated rings. The van der Waals surface area contributed by atoms with Crippen molar-refractivity contribution < 1.29 is 19.8 Å². The summed E-state index contributed by atoms with van der Waals surface area (Å²) >= 11 is 0. The zero-order valence-corrected chi connectivity index (χ0v) is 39.4. The molecule has 0 N–H and O–H groups in total. The zero-order chi connectivity index (χ0) is 44.3. The third-order valence-electron chi connectivity index (χ3n) is 11.5. The van der Waals surface area contributed by atoms with Crippen molar-refractivity contribution in [3.8, 4) is 0 Å². The van der Waals surface area contributed by atoms with Gasteiger partial charge in [-0.3, -0.25) is 0 Å².